The quantitative estimate of drug-likeness (QED) is 0.655. The van der Waals surface area contributed by atoms with Gasteiger partial charge in [-0.1, -0.05) is 18.2 Å². The number of hydrogen-bond donors (Lipinski definition) is 2. The number of benzene rings is 1. The summed E-state index contributed by atoms with van der Waals surface area (Å²) in [6, 6.07) is 6.45. The number of nitrogen functional groups attached to an aromatic ring is 1. The fourth-order valence-corrected chi connectivity index (χ4v) is 1.24. The molecule has 0 saturated carbocycles. The molecule has 0 heterocycles. The zero-order valence-corrected chi connectivity index (χ0v) is 7.89. The number of aryl methyl sites for hydroxylation is 1. The molecular weight excluding hydrogens is 148 g/mol. The highest BCUT2D eigenvalue weighted by molar-refractivity contribution is 5.54. The summed E-state index contributed by atoms with van der Waals surface area (Å²) in [5.41, 5.74) is 9.15. The summed E-state index contributed by atoms with van der Waals surface area (Å²) in [7, 11) is 1.94. The molecule has 0 radical (unpaired) electrons. The summed E-state index contributed by atoms with van der Waals surface area (Å²) in [6.07, 6.45) is 0. The molecule has 1 aromatic rings. The Morgan fingerprint density at radius 2 is 2.08 bits per heavy atom. The van der Waals surface area contributed by atoms with E-state index in [0.717, 1.165) is 11.3 Å². The molecule has 2 nitrogen and oxygen atoms in total. The van der Waals surface area contributed by atoms with Gasteiger partial charge in [0.2, 0.25) is 0 Å². The van der Waals surface area contributed by atoms with Gasteiger partial charge >= 0.3 is 0 Å². The number of hydrogen-bond acceptors (Lipinski definition) is 2. The minimum absolute atomic E-state index is 0.324. The molecule has 1 rings (SSSR count). The smallest absolute Gasteiger partial charge is 0.0392 e. The summed E-state index contributed by atoms with van der Waals surface area (Å²) in [5.74, 6) is 0. The van der Waals surface area contributed by atoms with Gasteiger partial charge in [0.15, 0.2) is 0 Å². The highest BCUT2D eigenvalue weighted by Crippen LogP contribution is 2.22. The van der Waals surface area contributed by atoms with Crippen molar-refractivity contribution in [3.05, 3.63) is 29.3 Å². The maximum absolute atomic E-state index is 5.92. The highest BCUT2D eigenvalue weighted by Gasteiger charge is 2.06. The molecule has 66 valence electrons. The van der Waals surface area contributed by atoms with Crippen LogP contribution in [0.2, 0.25) is 0 Å². The molecule has 0 aliphatic carbocycles. The van der Waals surface area contributed by atoms with Crippen LogP contribution in [0.1, 0.15) is 24.1 Å². The van der Waals surface area contributed by atoms with Gasteiger partial charge in [-0.25, -0.2) is 0 Å². The normalized spacial score (nSPS) is 12.9. The third kappa shape index (κ3) is 1.59. The van der Waals surface area contributed by atoms with Crippen LogP contribution in [0.5, 0.6) is 0 Å². The predicted octanol–water partition coefficient (Wildman–Crippen LogP) is 1.86. The summed E-state index contributed by atoms with van der Waals surface area (Å²) in [6.45, 7) is 4.13. The van der Waals surface area contributed by atoms with Crippen LogP contribution in [0.4, 0.5) is 5.69 Å². The van der Waals surface area contributed by atoms with Crippen molar-refractivity contribution in [1.82, 2.24) is 5.32 Å². The van der Waals surface area contributed by atoms with Crippen LogP contribution in [0, 0.1) is 6.92 Å². The van der Waals surface area contributed by atoms with Gasteiger partial charge < -0.3 is 11.1 Å². The second-order valence-electron chi connectivity index (χ2n) is 3.09. The van der Waals surface area contributed by atoms with Crippen LogP contribution in [-0.2, 0) is 0 Å². The van der Waals surface area contributed by atoms with Crippen molar-refractivity contribution in [3.63, 3.8) is 0 Å². The predicted molar refractivity (Wildman–Crippen MR) is 53.1 cm³/mol. The molecule has 1 atom stereocenters. The SMILES string of the molecule is CN[C@H](C)c1cccc(C)c1N. The molecule has 1 aromatic carbocycles. The first-order valence-electron chi connectivity index (χ1n) is 4.19. The van der Waals surface area contributed by atoms with E-state index in [0.29, 0.717) is 6.04 Å². The molecule has 12 heavy (non-hydrogen) atoms. The fourth-order valence-electron chi connectivity index (χ4n) is 1.24. The topological polar surface area (TPSA) is 38.0 Å². The number of anilines is 1. The molecule has 0 aromatic heterocycles. The second kappa shape index (κ2) is 3.59. The van der Waals surface area contributed by atoms with Crippen LogP contribution in [0.25, 0.3) is 0 Å². The lowest BCUT2D eigenvalue weighted by atomic mass is 10.0. The van der Waals surface area contributed by atoms with Crippen LogP contribution in [-0.4, -0.2) is 7.05 Å². The van der Waals surface area contributed by atoms with Crippen molar-refractivity contribution >= 4 is 5.69 Å². The lowest BCUT2D eigenvalue weighted by molar-refractivity contribution is 0.654. The van der Waals surface area contributed by atoms with E-state index in [-0.39, 0.29) is 0 Å². The van der Waals surface area contributed by atoms with E-state index < -0.39 is 0 Å². The zero-order valence-electron chi connectivity index (χ0n) is 7.89. The van der Waals surface area contributed by atoms with Gasteiger partial charge in [0, 0.05) is 11.7 Å². The first-order valence-corrected chi connectivity index (χ1v) is 4.19. The summed E-state index contributed by atoms with van der Waals surface area (Å²) in [5, 5.41) is 3.17. The molecular formula is C10H16N2. The fraction of sp³-hybridized carbons (Fsp3) is 0.400. The standard InChI is InChI=1S/C10H16N2/c1-7-5-4-6-9(10(7)11)8(2)12-3/h4-6,8,12H,11H2,1-3H3/t8-/m1/s1. The van der Waals surface area contributed by atoms with E-state index in [2.05, 4.69) is 18.3 Å². The summed E-state index contributed by atoms with van der Waals surface area (Å²) in [4.78, 5) is 0. The van der Waals surface area contributed by atoms with Gasteiger partial charge in [0.05, 0.1) is 0 Å². The molecule has 0 unspecified atom stereocenters. The Balaban J connectivity index is 3.07. The lowest BCUT2D eigenvalue weighted by Crippen LogP contribution is -2.14. The van der Waals surface area contributed by atoms with Crippen LogP contribution < -0.4 is 11.1 Å². The molecule has 0 spiro atoms. The number of nitrogens with two attached hydrogens (primary N) is 1. The van der Waals surface area contributed by atoms with E-state index in [4.69, 9.17) is 5.73 Å². The van der Waals surface area contributed by atoms with Crippen molar-refractivity contribution in [2.75, 3.05) is 12.8 Å². The third-order valence-electron chi connectivity index (χ3n) is 2.26. The van der Waals surface area contributed by atoms with E-state index in [1.807, 2.05) is 26.1 Å². The molecule has 3 N–H and O–H groups in total. The minimum Gasteiger partial charge on any atom is -0.398 e. The lowest BCUT2D eigenvalue weighted by Gasteiger charge is -2.14. The first kappa shape index (κ1) is 9.07. The van der Waals surface area contributed by atoms with Crippen molar-refractivity contribution in [1.29, 1.82) is 0 Å². The second-order valence-corrected chi connectivity index (χ2v) is 3.09. The van der Waals surface area contributed by atoms with E-state index >= 15 is 0 Å². The monoisotopic (exact) mass is 164 g/mol. The van der Waals surface area contributed by atoms with Gasteiger partial charge in [-0.15, -0.1) is 0 Å². The molecule has 0 amide bonds. The maximum atomic E-state index is 5.92. The molecule has 0 bridgehead atoms. The molecule has 0 aliphatic heterocycles. The zero-order chi connectivity index (χ0) is 9.14. The largest absolute Gasteiger partial charge is 0.398 e. The van der Waals surface area contributed by atoms with Gasteiger partial charge in [-0.2, -0.15) is 0 Å². The van der Waals surface area contributed by atoms with Gasteiger partial charge in [0.1, 0.15) is 0 Å². The highest BCUT2D eigenvalue weighted by atomic mass is 14.9. The average molecular weight is 164 g/mol. The Morgan fingerprint density at radius 3 is 2.67 bits per heavy atom. The maximum Gasteiger partial charge on any atom is 0.0392 e. The Bertz CT molecular complexity index is 269. The molecule has 0 aliphatic rings. The molecule has 0 saturated heterocycles. The third-order valence-corrected chi connectivity index (χ3v) is 2.26. The minimum atomic E-state index is 0.324. The van der Waals surface area contributed by atoms with Crippen LogP contribution in [0.15, 0.2) is 18.2 Å². The van der Waals surface area contributed by atoms with Gasteiger partial charge in [-0.3, -0.25) is 0 Å². The summed E-state index contributed by atoms with van der Waals surface area (Å²) >= 11 is 0. The van der Waals surface area contributed by atoms with Crippen LogP contribution in [0.3, 0.4) is 0 Å². The Morgan fingerprint density at radius 1 is 1.42 bits per heavy atom. The Hall–Kier alpha value is -1.02. The van der Waals surface area contributed by atoms with Crippen molar-refractivity contribution in [3.8, 4) is 0 Å². The summed E-state index contributed by atoms with van der Waals surface area (Å²) < 4.78 is 0. The average Bonchev–Trinajstić information content (AvgIpc) is 2.08. The van der Waals surface area contributed by atoms with E-state index in [1.54, 1.807) is 0 Å². The Labute approximate surface area is 73.8 Å². The number of para-hydroxylation sites is 1. The molecule has 0 fully saturated rings. The van der Waals surface area contributed by atoms with E-state index in [1.165, 1.54) is 5.56 Å². The van der Waals surface area contributed by atoms with Crippen molar-refractivity contribution < 1.29 is 0 Å². The first-order chi connectivity index (χ1) is 5.66. The Kier molecular flexibility index (Phi) is 2.71. The van der Waals surface area contributed by atoms with Gasteiger partial charge in [-0.05, 0) is 32.0 Å². The van der Waals surface area contributed by atoms with Crippen molar-refractivity contribution in [2.24, 2.45) is 0 Å². The van der Waals surface area contributed by atoms with Crippen LogP contribution >= 0.6 is 0 Å². The van der Waals surface area contributed by atoms with E-state index in [9.17, 15) is 0 Å². The number of nitrogens with one attached hydrogen (secondary N) is 1. The number of rotatable bonds is 2. The van der Waals surface area contributed by atoms with Gasteiger partial charge in [0.25, 0.3) is 0 Å². The molecule has 2 heteroatoms. The van der Waals surface area contributed by atoms with Crippen molar-refractivity contribution in [2.45, 2.75) is 19.9 Å².